The number of methoxy groups -OCH3 is 2. The predicted molar refractivity (Wildman–Crippen MR) is 136 cm³/mol. The highest BCUT2D eigenvalue weighted by molar-refractivity contribution is 7.13. The topological polar surface area (TPSA) is 91.2 Å². The van der Waals surface area contributed by atoms with Crippen molar-refractivity contribution in [2.24, 2.45) is 0 Å². The number of hydrogen-bond acceptors (Lipinski definition) is 7. The second-order valence-electron chi connectivity index (χ2n) is 7.71. The minimum atomic E-state index is -0.317. The second-order valence-corrected chi connectivity index (χ2v) is 8.57. The number of pyridine rings is 1. The van der Waals surface area contributed by atoms with Crippen molar-refractivity contribution in [2.45, 2.75) is 13.0 Å². The van der Waals surface area contributed by atoms with Crippen molar-refractivity contribution in [2.75, 3.05) is 19.5 Å². The van der Waals surface area contributed by atoms with E-state index >= 15 is 0 Å². The van der Waals surface area contributed by atoms with E-state index in [0.29, 0.717) is 41.1 Å². The molecular weight excluding hydrogens is 462 g/mol. The summed E-state index contributed by atoms with van der Waals surface area (Å²) in [5.74, 6) is 1.40. The van der Waals surface area contributed by atoms with Crippen LogP contribution in [0.15, 0.2) is 72.2 Å². The van der Waals surface area contributed by atoms with Crippen LogP contribution in [0.2, 0.25) is 0 Å². The Morgan fingerprint density at radius 2 is 1.83 bits per heavy atom. The van der Waals surface area contributed by atoms with Crippen molar-refractivity contribution in [3.8, 4) is 22.1 Å². The fourth-order valence-electron chi connectivity index (χ4n) is 3.82. The van der Waals surface area contributed by atoms with E-state index in [9.17, 15) is 4.79 Å². The zero-order chi connectivity index (χ0) is 24.2. The molecule has 0 unspecified atom stereocenters. The van der Waals surface area contributed by atoms with Crippen molar-refractivity contribution in [3.63, 3.8) is 0 Å². The minimum Gasteiger partial charge on any atom is -0.493 e. The van der Waals surface area contributed by atoms with E-state index in [-0.39, 0.29) is 5.91 Å². The number of carbonyl (C=O) groups excluding carboxylic acids is 1. The predicted octanol–water partition coefficient (Wildman–Crippen LogP) is 5.07. The fraction of sp³-hybridized carbons (Fsp3) is 0.154. The number of thiazole rings is 1. The summed E-state index contributed by atoms with van der Waals surface area (Å²) in [5.41, 5.74) is 3.90. The largest absolute Gasteiger partial charge is 0.493 e. The Morgan fingerprint density at radius 3 is 2.63 bits per heavy atom. The number of para-hydroxylation sites is 2. The van der Waals surface area contributed by atoms with Gasteiger partial charge in [0.2, 0.25) is 5.95 Å². The van der Waals surface area contributed by atoms with Crippen LogP contribution in [0.1, 0.15) is 16.2 Å². The number of aryl methyl sites for hydroxylation is 2. The summed E-state index contributed by atoms with van der Waals surface area (Å²) in [6, 6.07) is 19.2. The molecule has 35 heavy (non-hydrogen) atoms. The Hall–Kier alpha value is -4.24. The van der Waals surface area contributed by atoms with Crippen LogP contribution < -0.4 is 14.8 Å². The van der Waals surface area contributed by atoms with E-state index in [0.717, 1.165) is 22.3 Å². The Kier molecular flexibility index (Phi) is 6.40. The lowest BCUT2D eigenvalue weighted by Gasteiger charge is -2.09. The van der Waals surface area contributed by atoms with Gasteiger partial charge >= 0.3 is 0 Å². The minimum absolute atomic E-state index is 0.317. The van der Waals surface area contributed by atoms with Crippen molar-refractivity contribution in [1.29, 1.82) is 0 Å². The first-order chi connectivity index (χ1) is 17.2. The summed E-state index contributed by atoms with van der Waals surface area (Å²) in [4.78, 5) is 26.7. The third kappa shape index (κ3) is 4.71. The number of benzene rings is 2. The maximum atomic E-state index is 13.1. The van der Waals surface area contributed by atoms with E-state index in [4.69, 9.17) is 9.47 Å². The zero-order valence-electron chi connectivity index (χ0n) is 19.3. The molecule has 1 N–H and O–H groups in total. The molecule has 0 atom stereocenters. The molecule has 3 aromatic heterocycles. The highest BCUT2D eigenvalue weighted by atomic mass is 32.1. The third-order valence-corrected chi connectivity index (χ3v) is 6.46. The van der Waals surface area contributed by atoms with Gasteiger partial charge in [0.05, 0.1) is 25.3 Å². The summed E-state index contributed by atoms with van der Waals surface area (Å²) in [6.45, 7) is 0.626. The number of nitrogens with one attached hydrogen (secondary N) is 1. The van der Waals surface area contributed by atoms with Crippen molar-refractivity contribution >= 4 is 34.2 Å². The van der Waals surface area contributed by atoms with Crippen molar-refractivity contribution in [1.82, 2.24) is 19.5 Å². The van der Waals surface area contributed by atoms with Gasteiger partial charge in [-0.25, -0.2) is 9.97 Å². The summed E-state index contributed by atoms with van der Waals surface area (Å²) in [5, 5.41) is 5.40. The maximum absolute atomic E-state index is 13.1. The molecule has 0 radical (unpaired) electrons. The van der Waals surface area contributed by atoms with Gasteiger partial charge in [0.15, 0.2) is 11.5 Å². The van der Waals surface area contributed by atoms with Gasteiger partial charge in [-0.15, -0.1) is 11.3 Å². The molecule has 9 heteroatoms. The van der Waals surface area contributed by atoms with Crippen LogP contribution in [0.5, 0.6) is 11.5 Å². The molecule has 0 bridgehead atoms. The first-order valence-corrected chi connectivity index (χ1v) is 11.9. The molecule has 0 fully saturated rings. The Balaban J connectivity index is 1.39. The molecule has 0 aliphatic carbocycles. The van der Waals surface area contributed by atoms with E-state index in [1.54, 1.807) is 25.8 Å². The number of hydrogen-bond donors (Lipinski definition) is 1. The molecule has 8 nitrogen and oxygen atoms in total. The summed E-state index contributed by atoms with van der Waals surface area (Å²) >= 11 is 1.39. The van der Waals surface area contributed by atoms with Gasteiger partial charge in [-0.1, -0.05) is 18.2 Å². The number of anilines is 1. The van der Waals surface area contributed by atoms with Gasteiger partial charge in [0.1, 0.15) is 10.7 Å². The molecule has 0 aliphatic heterocycles. The molecule has 0 spiro atoms. The number of carbonyl (C=O) groups is 1. The standard InChI is InChI=1S/C26H23N5O3S/c1-33-22-11-10-17(15-23(22)34-2)25-28-20(16-35-25)24(32)30-26-29-19-8-3-4-9-21(19)31(26)14-12-18-7-5-6-13-27-18/h3-11,13,15-16H,12,14H2,1-2H3,(H,29,30,32). The van der Waals surface area contributed by atoms with Gasteiger partial charge in [-0.05, 0) is 42.5 Å². The summed E-state index contributed by atoms with van der Waals surface area (Å²) in [7, 11) is 3.18. The number of fused-ring (bicyclic) bond motifs is 1. The molecular formula is C26H23N5O3S. The van der Waals surface area contributed by atoms with Crippen molar-refractivity contribution in [3.05, 3.63) is 83.6 Å². The highest BCUT2D eigenvalue weighted by Gasteiger charge is 2.18. The lowest BCUT2D eigenvalue weighted by Crippen LogP contribution is -2.17. The van der Waals surface area contributed by atoms with Crippen LogP contribution in [0.4, 0.5) is 5.95 Å². The number of ether oxygens (including phenoxy) is 2. The van der Waals surface area contributed by atoms with Crippen LogP contribution in [0.25, 0.3) is 21.6 Å². The number of rotatable bonds is 8. The van der Waals surface area contributed by atoms with Crippen LogP contribution in [0.3, 0.4) is 0 Å². The molecule has 0 saturated carbocycles. The molecule has 176 valence electrons. The maximum Gasteiger partial charge on any atom is 0.277 e. The monoisotopic (exact) mass is 485 g/mol. The van der Waals surface area contributed by atoms with Crippen LogP contribution in [0, 0.1) is 0 Å². The SMILES string of the molecule is COc1ccc(-c2nc(C(=O)Nc3nc4ccccc4n3CCc3ccccn3)cs2)cc1OC. The van der Waals surface area contributed by atoms with E-state index in [2.05, 4.69) is 20.3 Å². The molecule has 0 aliphatic rings. The van der Waals surface area contributed by atoms with E-state index in [1.807, 2.05) is 65.2 Å². The van der Waals surface area contributed by atoms with Gasteiger partial charge in [0, 0.05) is 35.8 Å². The van der Waals surface area contributed by atoms with Gasteiger partial charge < -0.3 is 14.0 Å². The number of imidazole rings is 1. The first kappa shape index (κ1) is 22.5. The van der Waals surface area contributed by atoms with Gasteiger partial charge in [-0.2, -0.15) is 0 Å². The van der Waals surface area contributed by atoms with Gasteiger partial charge in [0.25, 0.3) is 5.91 Å². The molecule has 5 rings (SSSR count). The van der Waals surface area contributed by atoms with Crippen molar-refractivity contribution < 1.29 is 14.3 Å². The Morgan fingerprint density at radius 1 is 1.00 bits per heavy atom. The second kappa shape index (κ2) is 9.94. The van der Waals surface area contributed by atoms with Crippen LogP contribution in [-0.4, -0.2) is 39.6 Å². The first-order valence-electron chi connectivity index (χ1n) is 11.0. The summed E-state index contributed by atoms with van der Waals surface area (Å²) in [6.07, 6.45) is 2.49. The van der Waals surface area contributed by atoms with E-state index < -0.39 is 0 Å². The Bertz CT molecular complexity index is 1480. The molecule has 1 amide bonds. The number of aromatic nitrogens is 4. The quantitative estimate of drug-likeness (QED) is 0.330. The number of amides is 1. The molecule has 2 aromatic carbocycles. The molecule has 0 saturated heterocycles. The normalized spacial score (nSPS) is 10.9. The zero-order valence-corrected chi connectivity index (χ0v) is 20.1. The Labute approximate surface area is 206 Å². The van der Waals surface area contributed by atoms with Crippen LogP contribution in [-0.2, 0) is 13.0 Å². The lowest BCUT2D eigenvalue weighted by atomic mass is 10.2. The third-order valence-electron chi connectivity index (χ3n) is 5.56. The number of nitrogens with zero attached hydrogens (tertiary/aromatic N) is 4. The highest BCUT2D eigenvalue weighted by Crippen LogP contribution is 2.33. The molecule has 3 heterocycles. The average Bonchev–Trinajstić information content (AvgIpc) is 3.53. The van der Waals surface area contributed by atoms with E-state index in [1.165, 1.54) is 11.3 Å². The fourth-order valence-corrected chi connectivity index (χ4v) is 4.61. The van der Waals surface area contributed by atoms with Gasteiger partial charge in [-0.3, -0.25) is 15.1 Å². The summed E-state index contributed by atoms with van der Waals surface area (Å²) < 4.78 is 12.7. The smallest absolute Gasteiger partial charge is 0.277 e. The average molecular weight is 486 g/mol. The van der Waals surface area contributed by atoms with Crippen LogP contribution >= 0.6 is 11.3 Å². The molecule has 5 aromatic rings. The lowest BCUT2D eigenvalue weighted by molar-refractivity contribution is 0.102.